The lowest BCUT2D eigenvalue weighted by Gasteiger charge is -2.37. The van der Waals surface area contributed by atoms with Crippen LogP contribution in [0.2, 0.25) is 5.02 Å². The quantitative estimate of drug-likeness (QED) is 0.217. The van der Waals surface area contributed by atoms with E-state index >= 15 is 0 Å². The van der Waals surface area contributed by atoms with Gasteiger partial charge in [-0.25, -0.2) is 13.4 Å². The number of benzene rings is 1. The first-order valence-corrected chi connectivity index (χ1v) is 21.7. The van der Waals surface area contributed by atoms with E-state index in [4.69, 9.17) is 21.1 Å². The number of hydrogen-bond acceptors (Lipinski definition) is 9. The minimum absolute atomic E-state index is 0. The lowest BCUT2D eigenvalue weighted by atomic mass is 9.85. The predicted octanol–water partition coefficient (Wildman–Crippen LogP) is 7.90. The van der Waals surface area contributed by atoms with Crippen molar-refractivity contribution >= 4 is 56.1 Å². The molecule has 1 aromatic carbocycles. The number of halogens is 4. The fourth-order valence-electron chi connectivity index (χ4n) is 8.68. The number of hydrogen-bond donors (Lipinski definition) is 1. The normalized spacial score (nSPS) is 28.9. The molecule has 2 aromatic rings. The van der Waals surface area contributed by atoms with E-state index in [1.54, 1.807) is 6.92 Å². The maximum atomic E-state index is 14.7. The van der Waals surface area contributed by atoms with Crippen LogP contribution in [0.4, 0.5) is 13.2 Å². The molecule has 2 saturated carbocycles. The number of aromatic nitrogens is 1. The van der Waals surface area contributed by atoms with E-state index in [-0.39, 0.29) is 69.7 Å². The van der Waals surface area contributed by atoms with Gasteiger partial charge in [0.2, 0.25) is 21.8 Å². The predicted molar refractivity (Wildman–Crippen MR) is 211 cm³/mol. The highest BCUT2D eigenvalue weighted by atomic mass is 35.5. The molecule has 11 nitrogen and oxygen atoms in total. The van der Waals surface area contributed by atoms with Crippen molar-refractivity contribution in [2.24, 2.45) is 23.2 Å². The highest BCUT2D eigenvalue weighted by Crippen LogP contribution is 2.58. The number of ketones is 1. The number of sulfonamides is 1. The Labute approximate surface area is 342 Å². The van der Waals surface area contributed by atoms with Gasteiger partial charge in [0.1, 0.15) is 5.60 Å². The number of fused-ring (bicyclic) bond motifs is 5. The molecular weight excluding hydrogens is 799 g/mol. The Bertz CT molecular complexity index is 2120. The number of rotatable bonds is 7. The monoisotopic (exact) mass is 851 g/mol. The number of pyridine rings is 1. The fraction of sp³-hybridized carbons (Fsp3) is 0.643. The van der Waals surface area contributed by atoms with Gasteiger partial charge in [0.25, 0.3) is 0 Å². The van der Waals surface area contributed by atoms with Gasteiger partial charge in [-0.2, -0.15) is 13.2 Å². The lowest BCUT2D eigenvalue weighted by Crippen LogP contribution is -2.48. The number of Topliss-reactive ketones (excluding diaryl/α,β-unsaturated/α-hetero) is 1. The molecule has 5 aliphatic rings. The van der Waals surface area contributed by atoms with Crippen LogP contribution in [0.15, 0.2) is 30.4 Å². The number of alkyl halides is 3. The van der Waals surface area contributed by atoms with E-state index in [9.17, 15) is 40.8 Å². The van der Waals surface area contributed by atoms with Gasteiger partial charge >= 0.3 is 12.1 Å². The second kappa shape index (κ2) is 16.0. The number of esters is 1. The molecule has 1 N–H and O–H groups in total. The second-order valence-corrected chi connectivity index (χ2v) is 20.1. The molecule has 0 unspecified atom stereocenters. The number of allylic oxidation sites excluding steroid dienone is 2. The van der Waals surface area contributed by atoms with Crippen LogP contribution < -0.4 is 9.46 Å². The summed E-state index contributed by atoms with van der Waals surface area (Å²) < 4.78 is 83.5. The molecule has 3 fully saturated rings. The fourth-order valence-corrected chi connectivity index (χ4v) is 10.2. The van der Waals surface area contributed by atoms with Gasteiger partial charge in [0.05, 0.1) is 41.3 Å². The van der Waals surface area contributed by atoms with Crippen LogP contribution >= 0.6 is 11.6 Å². The van der Waals surface area contributed by atoms with Crippen molar-refractivity contribution in [3.05, 3.63) is 46.6 Å². The highest BCUT2D eigenvalue weighted by Gasteiger charge is 2.63. The van der Waals surface area contributed by atoms with Crippen molar-refractivity contribution in [2.45, 2.75) is 134 Å². The molecule has 16 heteroatoms. The molecule has 1 saturated heterocycles. The molecular formula is C42H53ClF3N3O8S. The van der Waals surface area contributed by atoms with Crippen molar-refractivity contribution < 1.29 is 50.2 Å². The summed E-state index contributed by atoms with van der Waals surface area (Å²) in [5, 5.41) is 0.703. The zero-order chi connectivity index (χ0) is 41.1. The number of ether oxygens (including phenoxy) is 2. The van der Waals surface area contributed by atoms with E-state index in [2.05, 4.69) is 9.71 Å². The molecule has 0 radical (unpaired) electrons. The van der Waals surface area contributed by atoms with Crippen LogP contribution in [-0.4, -0.2) is 71.4 Å². The van der Waals surface area contributed by atoms with Gasteiger partial charge in [-0.3, -0.25) is 23.9 Å². The molecule has 2 amide bonds. The van der Waals surface area contributed by atoms with Crippen LogP contribution in [0.5, 0.6) is 5.75 Å². The summed E-state index contributed by atoms with van der Waals surface area (Å²) in [6.45, 7) is 5.23. The SMILES string of the molecule is C.CC(C)COC(=O)C[C@H]1CCCCC/C=C\[C@@H]2C[C@@]2(C(=O)NS(=O)(=O)C2(C)CC2)CC(=O)[C@@H]2C[C@]3(CCc4c(c(C(F)(F)F)nc5ccc(Cl)cc45)O3)CN2C1=O. The molecule has 1 spiro atoms. The van der Waals surface area contributed by atoms with Crippen LogP contribution in [-0.2, 0) is 46.5 Å². The molecule has 58 heavy (non-hydrogen) atoms. The van der Waals surface area contributed by atoms with E-state index in [1.165, 1.54) is 23.1 Å². The number of carbonyl (C=O) groups is 4. The van der Waals surface area contributed by atoms with Crippen LogP contribution in [0, 0.1) is 23.2 Å². The van der Waals surface area contributed by atoms with Gasteiger partial charge in [-0.1, -0.05) is 57.9 Å². The summed E-state index contributed by atoms with van der Waals surface area (Å²) in [6.07, 6.45) is 2.35. The van der Waals surface area contributed by atoms with Crippen LogP contribution in [0.1, 0.15) is 117 Å². The maximum absolute atomic E-state index is 14.7. The first-order valence-electron chi connectivity index (χ1n) is 19.9. The number of nitrogens with one attached hydrogen (secondary N) is 1. The summed E-state index contributed by atoms with van der Waals surface area (Å²) in [5.74, 6) is -4.17. The van der Waals surface area contributed by atoms with Gasteiger partial charge in [0, 0.05) is 34.7 Å². The van der Waals surface area contributed by atoms with Crippen molar-refractivity contribution in [3.63, 3.8) is 0 Å². The standard InChI is InChI=1S/C41H49ClF3N3O8S.CH4/c1-24(2)22-55-33(50)17-25-9-7-5-4-6-8-10-26-19-40(26,37(52)47-57(53,54)38(3)15-16-38)21-32(49)31-20-39(23-48(31)36(25)51)14-13-28-29-18-27(42)11-12-30(29)46-35(34(28)56-39)41(43,44)45;/h8,10-12,18,24-26,31H,4-7,9,13-17,19-23H2,1-3H3,(H,47,52);1H4/b10-8-;/t25-,26-,31+,39-,40-;/m1./s1. The third-order valence-corrected chi connectivity index (χ3v) is 14.9. The lowest BCUT2D eigenvalue weighted by molar-refractivity contribution is -0.151. The summed E-state index contributed by atoms with van der Waals surface area (Å²) in [6, 6.07) is 3.17. The first kappa shape index (κ1) is 43.8. The summed E-state index contributed by atoms with van der Waals surface area (Å²) in [7, 11) is -4.04. The van der Waals surface area contributed by atoms with Gasteiger partial charge in [-0.15, -0.1) is 0 Å². The molecule has 3 aliphatic heterocycles. The number of aryl methyl sites for hydroxylation is 1. The smallest absolute Gasteiger partial charge is 0.437 e. The Kier molecular flexibility index (Phi) is 12.1. The van der Waals surface area contributed by atoms with E-state index in [0.717, 1.165) is 12.8 Å². The van der Waals surface area contributed by atoms with E-state index in [0.29, 0.717) is 42.5 Å². The average molecular weight is 852 g/mol. The largest absolute Gasteiger partial charge is 0.483 e. The molecule has 2 aliphatic carbocycles. The highest BCUT2D eigenvalue weighted by molar-refractivity contribution is 7.91. The Balaban J connectivity index is 0.00000567. The van der Waals surface area contributed by atoms with Crippen molar-refractivity contribution in [1.29, 1.82) is 0 Å². The Morgan fingerprint density at radius 1 is 1.12 bits per heavy atom. The zero-order valence-electron chi connectivity index (χ0n) is 32.4. The maximum Gasteiger partial charge on any atom is 0.437 e. The summed E-state index contributed by atoms with van der Waals surface area (Å²) >= 11 is 6.26. The number of carbonyl (C=O) groups excluding carboxylic acids is 4. The van der Waals surface area contributed by atoms with E-state index < -0.39 is 91.3 Å². The van der Waals surface area contributed by atoms with Gasteiger partial charge in [-0.05, 0) is 88.3 Å². The number of amides is 2. The molecule has 4 heterocycles. The van der Waals surface area contributed by atoms with Gasteiger partial charge in [0.15, 0.2) is 17.2 Å². The van der Waals surface area contributed by atoms with Crippen LogP contribution in [0.25, 0.3) is 10.9 Å². The summed E-state index contributed by atoms with van der Waals surface area (Å²) in [4.78, 5) is 61.8. The minimum atomic E-state index is -4.90. The first-order chi connectivity index (χ1) is 26.8. The Morgan fingerprint density at radius 2 is 1.86 bits per heavy atom. The molecule has 0 bridgehead atoms. The topological polar surface area (TPSA) is 149 Å². The van der Waals surface area contributed by atoms with Crippen molar-refractivity contribution in [1.82, 2.24) is 14.6 Å². The molecule has 318 valence electrons. The van der Waals surface area contributed by atoms with Crippen molar-refractivity contribution in [2.75, 3.05) is 13.2 Å². The average Bonchev–Trinajstić information content (AvgIpc) is 4.03. The van der Waals surface area contributed by atoms with E-state index in [1.807, 2.05) is 26.0 Å². The molecule has 7 rings (SSSR count). The molecule has 5 atom stereocenters. The van der Waals surface area contributed by atoms with Gasteiger partial charge < -0.3 is 14.4 Å². The second-order valence-electron chi connectivity index (χ2n) is 17.4. The molecule has 1 aromatic heterocycles. The third-order valence-electron chi connectivity index (χ3n) is 12.5. The zero-order valence-corrected chi connectivity index (χ0v) is 34.0. The third kappa shape index (κ3) is 8.62. The van der Waals surface area contributed by atoms with Crippen LogP contribution in [0.3, 0.4) is 0 Å². The van der Waals surface area contributed by atoms with Crippen molar-refractivity contribution in [3.8, 4) is 5.75 Å². The summed E-state index contributed by atoms with van der Waals surface area (Å²) in [5.41, 5.74) is -3.72. The minimum Gasteiger partial charge on any atom is -0.483 e. The number of nitrogens with zero attached hydrogens (tertiary/aromatic N) is 2. The Hall–Kier alpha value is -3.72. The Morgan fingerprint density at radius 3 is 2.55 bits per heavy atom.